The van der Waals surface area contributed by atoms with Crippen molar-refractivity contribution in [3.63, 3.8) is 0 Å². The van der Waals surface area contributed by atoms with Gasteiger partial charge in [-0.15, -0.1) is 0 Å². The molecule has 0 aliphatic heterocycles. The SMILES string of the molecule is CC(C)CN(CCC(=O)C(C)(C)C)CC(C)C. The molecule has 0 bridgehead atoms. The van der Waals surface area contributed by atoms with Crippen molar-refractivity contribution in [3.8, 4) is 0 Å². The van der Waals surface area contributed by atoms with Crippen LogP contribution in [0.5, 0.6) is 0 Å². The van der Waals surface area contributed by atoms with Crippen LogP contribution in [0.2, 0.25) is 0 Å². The monoisotopic (exact) mass is 241 g/mol. The zero-order chi connectivity index (χ0) is 13.6. The van der Waals surface area contributed by atoms with Gasteiger partial charge in [-0.3, -0.25) is 4.79 Å². The standard InChI is InChI=1S/C15H31NO/c1-12(2)10-16(11-13(3)4)9-8-14(17)15(5,6)7/h12-13H,8-11H2,1-7H3. The second kappa shape index (κ2) is 7.15. The van der Waals surface area contributed by atoms with Gasteiger partial charge in [-0.2, -0.15) is 0 Å². The van der Waals surface area contributed by atoms with Crippen LogP contribution in [0.1, 0.15) is 54.9 Å². The molecule has 0 fully saturated rings. The van der Waals surface area contributed by atoms with Crippen molar-refractivity contribution in [2.24, 2.45) is 17.3 Å². The summed E-state index contributed by atoms with van der Waals surface area (Å²) >= 11 is 0. The maximum absolute atomic E-state index is 11.9. The molecule has 0 aromatic heterocycles. The van der Waals surface area contributed by atoms with Gasteiger partial charge >= 0.3 is 0 Å². The van der Waals surface area contributed by atoms with Crippen molar-refractivity contribution in [2.75, 3.05) is 19.6 Å². The van der Waals surface area contributed by atoms with Crippen molar-refractivity contribution >= 4 is 5.78 Å². The summed E-state index contributed by atoms with van der Waals surface area (Å²) in [5, 5.41) is 0. The van der Waals surface area contributed by atoms with Gasteiger partial charge in [0.1, 0.15) is 5.78 Å². The predicted molar refractivity (Wildman–Crippen MR) is 75.2 cm³/mol. The molecule has 0 rings (SSSR count). The first-order chi connectivity index (χ1) is 7.62. The Balaban J connectivity index is 4.20. The normalized spacial score (nSPS) is 12.8. The number of hydrogen-bond acceptors (Lipinski definition) is 2. The Kier molecular flexibility index (Phi) is 6.99. The van der Waals surface area contributed by atoms with Crippen molar-refractivity contribution in [3.05, 3.63) is 0 Å². The molecule has 0 aliphatic rings. The Morgan fingerprint density at radius 1 is 1.00 bits per heavy atom. The summed E-state index contributed by atoms with van der Waals surface area (Å²) in [5.74, 6) is 1.70. The molecule has 0 saturated heterocycles. The molecule has 2 nitrogen and oxygen atoms in total. The molecular weight excluding hydrogens is 210 g/mol. The zero-order valence-corrected chi connectivity index (χ0v) is 12.8. The number of carbonyl (C=O) groups is 1. The van der Waals surface area contributed by atoms with E-state index in [1.54, 1.807) is 0 Å². The van der Waals surface area contributed by atoms with Gasteiger partial charge in [0.2, 0.25) is 0 Å². The Morgan fingerprint density at radius 2 is 1.41 bits per heavy atom. The summed E-state index contributed by atoms with van der Waals surface area (Å²) in [7, 11) is 0. The first-order valence-corrected chi connectivity index (χ1v) is 6.88. The van der Waals surface area contributed by atoms with E-state index in [1.807, 2.05) is 20.8 Å². The minimum Gasteiger partial charge on any atom is -0.302 e. The highest BCUT2D eigenvalue weighted by atomic mass is 16.1. The summed E-state index contributed by atoms with van der Waals surface area (Å²) in [6, 6.07) is 0. The molecule has 0 atom stereocenters. The highest BCUT2D eigenvalue weighted by Gasteiger charge is 2.21. The molecule has 0 heterocycles. The molecule has 17 heavy (non-hydrogen) atoms. The van der Waals surface area contributed by atoms with Gasteiger partial charge in [-0.1, -0.05) is 48.5 Å². The summed E-state index contributed by atoms with van der Waals surface area (Å²) in [6.07, 6.45) is 0.683. The largest absolute Gasteiger partial charge is 0.302 e. The molecule has 0 N–H and O–H groups in total. The van der Waals surface area contributed by atoms with Crippen molar-refractivity contribution < 1.29 is 4.79 Å². The number of rotatable bonds is 7. The molecule has 0 unspecified atom stereocenters. The van der Waals surface area contributed by atoms with Gasteiger partial charge in [-0.05, 0) is 11.8 Å². The average Bonchev–Trinajstić information content (AvgIpc) is 2.10. The second-order valence-corrected chi connectivity index (χ2v) is 6.97. The lowest BCUT2D eigenvalue weighted by Crippen LogP contribution is -2.34. The van der Waals surface area contributed by atoms with E-state index in [2.05, 4.69) is 32.6 Å². The number of hydrogen-bond donors (Lipinski definition) is 0. The van der Waals surface area contributed by atoms with E-state index in [0.29, 0.717) is 24.0 Å². The number of carbonyl (C=O) groups excluding carboxylic acids is 1. The minimum atomic E-state index is -0.193. The highest BCUT2D eigenvalue weighted by Crippen LogP contribution is 2.17. The first-order valence-electron chi connectivity index (χ1n) is 6.88. The topological polar surface area (TPSA) is 20.3 Å². The van der Waals surface area contributed by atoms with Gasteiger partial charge in [0.15, 0.2) is 0 Å². The molecule has 0 amide bonds. The lowest BCUT2D eigenvalue weighted by Gasteiger charge is -2.27. The van der Waals surface area contributed by atoms with Crippen LogP contribution in [0.3, 0.4) is 0 Å². The molecule has 102 valence electrons. The zero-order valence-electron chi connectivity index (χ0n) is 12.8. The lowest BCUT2D eigenvalue weighted by atomic mass is 9.89. The van der Waals surface area contributed by atoms with E-state index in [0.717, 1.165) is 19.6 Å². The van der Waals surface area contributed by atoms with Gasteiger partial charge in [0.25, 0.3) is 0 Å². The third-order valence-corrected chi connectivity index (χ3v) is 2.74. The van der Waals surface area contributed by atoms with Gasteiger partial charge < -0.3 is 4.90 Å². The molecule has 2 heteroatoms. The number of nitrogens with zero attached hydrogens (tertiary/aromatic N) is 1. The van der Waals surface area contributed by atoms with Crippen LogP contribution in [0.15, 0.2) is 0 Å². The molecule has 0 aliphatic carbocycles. The van der Waals surface area contributed by atoms with Crippen LogP contribution >= 0.6 is 0 Å². The van der Waals surface area contributed by atoms with E-state index in [1.165, 1.54) is 0 Å². The fourth-order valence-electron chi connectivity index (χ4n) is 1.92. The summed E-state index contributed by atoms with van der Waals surface area (Å²) in [4.78, 5) is 14.3. The summed E-state index contributed by atoms with van der Waals surface area (Å²) in [5.41, 5.74) is -0.193. The maximum Gasteiger partial charge on any atom is 0.139 e. The Bertz CT molecular complexity index is 216. The third kappa shape index (κ3) is 8.37. The van der Waals surface area contributed by atoms with Crippen molar-refractivity contribution in [1.29, 1.82) is 0 Å². The summed E-state index contributed by atoms with van der Waals surface area (Å²) < 4.78 is 0. The smallest absolute Gasteiger partial charge is 0.139 e. The number of ketones is 1. The van der Waals surface area contributed by atoms with Crippen LogP contribution in [0, 0.1) is 17.3 Å². The summed E-state index contributed by atoms with van der Waals surface area (Å²) in [6.45, 7) is 18.0. The Labute approximate surface area is 108 Å². The highest BCUT2D eigenvalue weighted by molar-refractivity contribution is 5.83. The van der Waals surface area contributed by atoms with E-state index in [-0.39, 0.29) is 5.41 Å². The molecule has 0 saturated carbocycles. The van der Waals surface area contributed by atoms with Gasteiger partial charge in [-0.25, -0.2) is 0 Å². The fourth-order valence-corrected chi connectivity index (χ4v) is 1.92. The van der Waals surface area contributed by atoms with Crippen LogP contribution < -0.4 is 0 Å². The van der Waals surface area contributed by atoms with Crippen molar-refractivity contribution in [1.82, 2.24) is 4.90 Å². The number of Topliss-reactive ketones (excluding diaryl/α,β-unsaturated/α-hetero) is 1. The van der Waals surface area contributed by atoms with E-state index in [9.17, 15) is 4.79 Å². The van der Waals surface area contributed by atoms with Crippen LogP contribution in [0.4, 0.5) is 0 Å². The van der Waals surface area contributed by atoms with Crippen molar-refractivity contribution in [2.45, 2.75) is 54.9 Å². The maximum atomic E-state index is 11.9. The van der Waals surface area contributed by atoms with E-state index < -0.39 is 0 Å². The Morgan fingerprint density at radius 3 is 1.71 bits per heavy atom. The first kappa shape index (κ1) is 16.6. The molecular formula is C15H31NO. The average molecular weight is 241 g/mol. The van der Waals surface area contributed by atoms with E-state index in [4.69, 9.17) is 0 Å². The minimum absolute atomic E-state index is 0.193. The third-order valence-electron chi connectivity index (χ3n) is 2.74. The van der Waals surface area contributed by atoms with Crippen LogP contribution in [-0.2, 0) is 4.79 Å². The Hall–Kier alpha value is -0.370. The molecule has 0 aromatic carbocycles. The van der Waals surface area contributed by atoms with Gasteiger partial charge in [0, 0.05) is 31.5 Å². The second-order valence-electron chi connectivity index (χ2n) is 6.97. The molecule has 0 radical (unpaired) electrons. The van der Waals surface area contributed by atoms with E-state index >= 15 is 0 Å². The lowest BCUT2D eigenvalue weighted by molar-refractivity contribution is -0.126. The molecule has 0 aromatic rings. The fraction of sp³-hybridized carbons (Fsp3) is 0.933. The van der Waals surface area contributed by atoms with Gasteiger partial charge in [0.05, 0.1) is 0 Å². The molecule has 0 spiro atoms. The van der Waals surface area contributed by atoms with Crippen LogP contribution in [0.25, 0.3) is 0 Å². The quantitative estimate of drug-likeness (QED) is 0.678. The predicted octanol–water partition coefficient (Wildman–Crippen LogP) is 3.61. The van der Waals surface area contributed by atoms with Crippen LogP contribution in [-0.4, -0.2) is 30.3 Å².